The highest BCUT2D eigenvalue weighted by Gasteiger charge is 2.06. The van der Waals surface area contributed by atoms with Crippen LogP contribution in [0.2, 0.25) is 0 Å². The summed E-state index contributed by atoms with van der Waals surface area (Å²) in [5, 5.41) is 6.95. The van der Waals surface area contributed by atoms with Gasteiger partial charge in [0.1, 0.15) is 6.54 Å². The highest BCUT2D eigenvalue weighted by atomic mass is 16.2. The van der Waals surface area contributed by atoms with Crippen molar-refractivity contribution in [3.05, 3.63) is 47.8 Å². The van der Waals surface area contributed by atoms with E-state index in [1.807, 2.05) is 44.2 Å². The number of nitrogens with one attached hydrogen (secondary N) is 1. The molecule has 2 aromatic rings. The van der Waals surface area contributed by atoms with Crippen LogP contribution in [0.15, 0.2) is 36.5 Å². The van der Waals surface area contributed by atoms with Gasteiger partial charge in [-0.3, -0.25) is 9.48 Å². The molecule has 88 valence electrons. The normalized spacial score (nSPS) is 10.2. The summed E-state index contributed by atoms with van der Waals surface area (Å²) in [5.74, 6) is -0.0638. The van der Waals surface area contributed by atoms with Crippen molar-refractivity contribution in [3.8, 4) is 0 Å². The first-order valence-corrected chi connectivity index (χ1v) is 5.51. The minimum Gasteiger partial charge on any atom is -0.324 e. The molecule has 0 fully saturated rings. The number of carbonyl (C=O) groups is 1. The van der Waals surface area contributed by atoms with Crippen LogP contribution in [0, 0.1) is 13.8 Å². The Morgan fingerprint density at radius 3 is 2.71 bits per heavy atom. The third kappa shape index (κ3) is 2.72. The summed E-state index contributed by atoms with van der Waals surface area (Å²) in [7, 11) is 0. The summed E-state index contributed by atoms with van der Waals surface area (Å²) < 4.78 is 1.67. The van der Waals surface area contributed by atoms with Gasteiger partial charge in [0, 0.05) is 17.6 Å². The van der Waals surface area contributed by atoms with E-state index < -0.39 is 0 Å². The number of hydrogen-bond donors (Lipinski definition) is 1. The Morgan fingerprint density at radius 2 is 2.06 bits per heavy atom. The number of hydrogen-bond acceptors (Lipinski definition) is 2. The molecule has 0 bridgehead atoms. The van der Waals surface area contributed by atoms with Gasteiger partial charge in [-0.25, -0.2) is 0 Å². The fourth-order valence-corrected chi connectivity index (χ4v) is 1.60. The van der Waals surface area contributed by atoms with Crippen molar-refractivity contribution in [2.45, 2.75) is 20.4 Å². The SMILES string of the molecule is Cc1ccccc1NC(=O)Cn1nccc1C. The van der Waals surface area contributed by atoms with Crippen molar-refractivity contribution in [2.75, 3.05) is 5.32 Å². The lowest BCUT2D eigenvalue weighted by molar-refractivity contribution is -0.116. The number of carbonyl (C=O) groups excluding carboxylic acids is 1. The number of aryl methyl sites for hydroxylation is 2. The molecule has 4 heteroatoms. The van der Waals surface area contributed by atoms with E-state index in [2.05, 4.69) is 10.4 Å². The molecule has 0 aliphatic rings. The van der Waals surface area contributed by atoms with Gasteiger partial charge in [-0.2, -0.15) is 5.10 Å². The van der Waals surface area contributed by atoms with Gasteiger partial charge >= 0.3 is 0 Å². The van der Waals surface area contributed by atoms with E-state index in [0.29, 0.717) is 0 Å². The van der Waals surface area contributed by atoms with Gasteiger partial charge in [0.2, 0.25) is 5.91 Å². The van der Waals surface area contributed by atoms with Crippen molar-refractivity contribution in [3.63, 3.8) is 0 Å². The molecule has 0 radical (unpaired) electrons. The van der Waals surface area contributed by atoms with Gasteiger partial charge in [-0.1, -0.05) is 18.2 Å². The zero-order valence-electron chi connectivity index (χ0n) is 9.97. The highest BCUT2D eigenvalue weighted by molar-refractivity contribution is 5.91. The van der Waals surface area contributed by atoms with Crippen LogP contribution >= 0.6 is 0 Å². The molecule has 1 heterocycles. The standard InChI is InChI=1S/C13H15N3O/c1-10-5-3-4-6-12(10)15-13(17)9-16-11(2)7-8-14-16/h3-8H,9H2,1-2H3,(H,15,17). The van der Waals surface area contributed by atoms with Crippen molar-refractivity contribution in [1.82, 2.24) is 9.78 Å². The van der Waals surface area contributed by atoms with Crippen LogP contribution in [0.5, 0.6) is 0 Å². The van der Waals surface area contributed by atoms with E-state index in [1.54, 1.807) is 10.9 Å². The molecule has 0 atom stereocenters. The van der Waals surface area contributed by atoms with Crippen molar-refractivity contribution < 1.29 is 4.79 Å². The number of anilines is 1. The van der Waals surface area contributed by atoms with Crippen LogP contribution in [-0.4, -0.2) is 15.7 Å². The summed E-state index contributed by atoms with van der Waals surface area (Å²) in [5.41, 5.74) is 2.88. The lowest BCUT2D eigenvalue weighted by Crippen LogP contribution is -2.20. The van der Waals surface area contributed by atoms with E-state index in [4.69, 9.17) is 0 Å². The van der Waals surface area contributed by atoms with E-state index in [1.165, 1.54) is 0 Å². The fraction of sp³-hybridized carbons (Fsp3) is 0.231. The minimum absolute atomic E-state index is 0.0638. The molecule has 1 aromatic heterocycles. The minimum atomic E-state index is -0.0638. The van der Waals surface area contributed by atoms with Crippen molar-refractivity contribution in [2.24, 2.45) is 0 Å². The zero-order chi connectivity index (χ0) is 12.3. The number of amides is 1. The number of benzene rings is 1. The Kier molecular flexibility index (Phi) is 3.23. The van der Waals surface area contributed by atoms with Crippen LogP contribution in [0.4, 0.5) is 5.69 Å². The molecule has 2 rings (SSSR count). The first-order chi connectivity index (χ1) is 8.16. The molecule has 1 aromatic carbocycles. The van der Waals surface area contributed by atoms with Crippen LogP contribution in [-0.2, 0) is 11.3 Å². The molecular weight excluding hydrogens is 214 g/mol. The smallest absolute Gasteiger partial charge is 0.246 e. The second-order valence-electron chi connectivity index (χ2n) is 3.99. The summed E-state index contributed by atoms with van der Waals surface area (Å²) in [6.07, 6.45) is 1.69. The average molecular weight is 229 g/mol. The molecule has 17 heavy (non-hydrogen) atoms. The van der Waals surface area contributed by atoms with Crippen molar-refractivity contribution >= 4 is 11.6 Å². The predicted octanol–water partition coefficient (Wildman–Crippen LogP) is 2.14. The van der Waals surface area contributed by atoms with E-state index in [0.717, 1.165) is 16.9 Å². The number of aromatic nitrogens is 2. The average Bonchev–Trinajstić information content (AvgIpc) is 2.68. The van der Waals surface area contributed by atoms with Crippen molar-refractivity contribution in [1.29, 1.82) is 0 Å². The van der Waals surface area contributed by atoms with Gasteiger partial charge in [-0.15, -0.1) is 0 Å². The number of para-hydroxylation sites is 1. The number of rotatable bonds is 3. The molecule has 1 amide bonds. The van der Waals surface area contributed by atoms with E-state index >= 15 is 0 Å². The van der Waals surface area contributed by atoms with Gasteiger partial charge in [0.05, 0.1) is 0 Å². The Hall–Kier alpha value is -2.10. The van der Waals surface area contributed by atoms with E-state index in [-0.39, 0.29) is 12.5 Å². The first kappa shape index (κ1) is 11.4. The van der Waals surface area contributed by atoms with Crippen LogP contribution in [0.3, 0.4) is 0 Å². The van der Waals surface area contributed by atoms with E-state index in [9.17, 15) is 4.79 Å². The van der Waals surface area contributed by atoms with Gasteiger partial charge in [0.25, 0.3) is 0 Å². The fourth-order valence-electron chi connectivity index (χ4n) is 1.60. The Labute approximate surface area is 100 Å². The molecular formula is C13H15N3O. The van der Waals surface area contributed by atoms with Crippen LogP contribution < -0.4 is 5.32 Å². The largest absolute Gasteiger partial charge is 0.324 e. The summed E-state index contributed by atoms with van der Waals surface area (Å²) in [4.78, 5) is 11.8. The molecule has 0 aliphatic heterocycles. The Bertz CT molecular complexity index is 531. The molecule has 0 spiro atoms. The summed E-state index contributed by atoms with van der Waals surface area (Å²) >= 11 is 0. The third-order valence-electron chi connectivity index (χ3n) is 2.64. The number of nitrogens with zero attached hydrogens (tertiary/aromatic N) is 2. The third-order valence-corrected chi connectivity index (χ3v) is 2.64. The highest BCUT2D eigenvalue weighted by Crippen LogP contribution is 2.13. The first-order valence-electron chi connectivity index (χ1n) is 5.51. The second kappa shape index (κ2) is 4.82. The molecule has 1 N–H and O–H groups in total. The zero-order valence-corrected chi connectivity index (χ0v) is 9.97. The monoisotopic (exact) mass is 229 g/mol. The van der Waals surface area contributed by atoms with Gasteiger partial charge < -0.3 is 5.32 Å². The molecule has 4 nitrogen and oxygen atoms in total. The Morgan fingerprint density at radius 1 is 1.29 bits per heavy atom. The second-order valence-corrected chi connectivity index (χ2v) is 3.99. The molecule has 0 unspecified atom stereocenters. The summed E-state index contributed by atoms with van der Waals surface area (Å²) in [6.45, 7) is 4.13. The van der Waals surface area contributed by atoms with Gasteiger partial charge in [-0.05, 0) is 31.5 Å². The maximum atomic E-state index is 11.8. The quantitative estimate of drug-likeness (QED) is 0.876. The summed E-state index contributed by atoms with van der Waals surface area (Å²) in [6, 6.07) is 9.59. The molecule has 0 saturated carbocycles. The Balaban J connectivity index is 2.03. The predicted molar refractivity (Wildman–Crippen MR) is 66.8 cm³/mol. The lowest BCUT2D eigenvalue weighted by atomic mass is 10.2. The molecule has 0 saturated heterocycles. The maximum absolute atomic E-state index is 11.8. The van der Waals surface area contributed by atoms with Crippen LogP contribution in [0.1, 0.15) is 11.3 Å². The maximum Gasteiger partial charge on any atom is 0.246 e. The molecule has 0 aliphatic carbocycles. The van der Waals surface area contributed by atoms with Gasteiger partial charge in [0.15, 0.2) is 0 Å². The lowest BCUT2D eigenvalue weighted by Gasteiger charge is -2.08. The van der Waals surface area contributed by atoms with Crippen LogP contribution in [0.25, 0.3) is 0 Å². The topological polar surface area (TPSA) is 46.9 Å².